The fourth-order valence-electron chi connectivity index (χ4n) is 2.63. The van der Waals surface area contributed by atoms with Crippen LogP contribution in [0.15, 0.2) is 23.2 Å². The first-order valence-corrected chi connectivity index (χ1v) is 10.1. The molecule has 2 aromatic rings. The fourth-order valence-corrected chi connectivity index (χ4v) is 3.59. The van der Waals surface area contributed by atoms with E-state index in [9.17, 15) is 4.79 Å². The minimum absolute atomic E-state index is 0.126. The Bertz CT molecular complexity index is 866. The number of methoxy groups -OCH3 is 2. The summed E-state index contributed by atoms with van der Waals surface area (Å²) in [7, 11) is 4.92. The molecule has 0 amide bonds. The van der Waals surface area contributed by atoms with Gasteiger partial charge in [-0.15, -0.1) is 11.3 Å². The summed E-state index contributed by atoms with van der Waals surface area (Å²) in [6, 6.07) is 5.61. The summed E-state index contributed by atoms with van der Waals surface area (Å²) in [5, 5.41) is 7.35. The number of hydrogen-bond donors (Lipinski definition) is 2. The van der Waals surface area contributed by atoms with Crippen LogP contribution in [0.2, 0.25) is 0 Å². The van der Waals surface area contributed by atoms with Crippen LogP contribution in [-0.4, -0.2) is 44.8 Å². The van der Waals surface area contributed by atoms with E-state index in [1.165, 1.54) is 11.3 Å². The van der Waals surface area contributed by atoms with E-state index in [0.717, 1.165) is 10.6 Å². The third kappa shape index (κ3) is 5.83. The Balaban J connectivity index is 2.01. The maximum absolute atomic E-state index is 12.0. The molecule has 1 unspecified atom stereocenters. The molecule has 2 N–H and O–H groups in total. The predicted molar refractivity (Wildman–Crippen MR) is 114 cm³/mol. The van der Waals surface area contributed by atoms with Gasteiger partial charge in [-0.2, -0.15) is 0 Å². The van der Waals surface area contributed by atoms with Crippen LogP contribution < -0.4 is 20.1 Å². The lowest BCUT2D eigenvalue weighted by molar-refractivity contribution is 0.0531. The predicted octanol–water partition coefficient (Wildman–Crippen LogP) is 3.07. The van der Waals surface area contributed by atoms with Gasteiger partial charge in [0.25, 0.3) is 0 Å². The van der Waals surface area contributed by atoms with Crippen molar-refractivity contribution >= 4 is 23.3 Å². The fraction of sp³-hybridized carbons (Fsp3) is 0.450. The van der Waals surface area contributed by atoms with Gasteiger partial charge in [0.15, 0.2) is 17.5 Å². The van der Waals surface area contributed by atoms with Gasteiger partial charge in [0.05, 0.1) is 32.6 Å². The Morgan fingerprint density at radius 2 is 2.00 bits per heavy atom. The number of carbonyl (C=O) groups is 1. The molecular weight excluding hydrogens is 392 g/mol. The Hall–Kier alpha value is -2.81. The highest BCUT2D eigenvalue weighted by molar-refractivity contribution is 7.13. The molecular formula is C20H28N4O4S. The maximum Gasteiger partial charge on any atom is 0.350 e. The van der Waals surface area contributed by atoms with E-state index in [1.807, 2.05) is 32.0 Å². The van der Waals surface area contributed by atoms with Crippen molar-refractivity contribution in [2.45, 2.75) is 33.4 Å². The second-order valence-electron chi connectivity index (χ2n) is 6.17. The van der Waals surface area contributed by atoms with Gasteiger partial charge in [-0.25, -0.2) is 9.78 Å². The van der Waals surface area contributed by atoms with Gasteiger partial charge < -0.3 is 24.8 Å². The molecule has 1 aromatic carbocycles. The third-order valence-corrected chi connectivity index (χ3v) is 5.45. The van der Waals surface area contributed by atoms with Crippen molar-refractivity contribution in [3.8, 4) is 11.5 Å². The number of nitrogens with zero attached hydrogens (tertiary/aromatic N) is 2. The molecule has 1 aromatic heterocycles. The first kappa shape index (κ1) is 22.5. The summed E-state index contributed by atoms with van der Waals surface area (Å²) >= 11 is 1.33. The van der Waals surface area contributed by atoms with Crippen LogP contribution >= 0.6 is 11.3 Å². The van der Waals surface area contributed by atoms with Crippen molar-refractivity contribution in [2.24, 2.45) is 4.99 Å². The first-order chi connectivity index (χ1) is 13.9. The highest BCUT2D eigenvalue weighted by Crippen LogP contribution is 2.27. The molecule has 9 heteroatoms. The quantitative estimate of drug-likeness (QED) is 0.385. The molecule has 0 aliphatic heterocycles. The zero-order chi connectivity index (χ0) is 21.4. The van der Waals surface area contributed by atoms with E-state index in [2.05, 4.69) is 20.6 Å². The molecule has 158 valence electrons. The largest absolute Gasteiger partial charge is 0.493 e. The average molecular weight is 421 g/mol. The summed E-state index contributed by atoms with van der Waals surface area (Å²) < 4.78 is 15.7. The van der Waals surface area contributed by atoms with Crippen LogP contribution in [-0.2, 0) is 11.3 Å². The molecule has 0 aliphatic carbocycles. The van der Waals surface area contributed by atoms with Crippen LogP contribution in [0.25, 0.3) is 0 Å². The van der Waals surface area contributed by atoms with E-state index >= 15 is 0 Å². The number of ether oxygens (including phenoxy) is 3. The number of hydrogen-bond acceptors (Lipinski definition) is 7. The zero-order valence-electron chi connectivity index (χ0n) is 17.7. The molecule has 1 heterocycles. The molecule has 1 atom stereocenters. The van der Waals surface area contributed by atoms with Crippen molar-refractivity contribution in [2.75, 3.05) is 27.9 Å². The lowest BCUT2D eigenvalue weighted by Gasteiger charge is -2.17. The van der Waals surface area contributed by atoms with Gasteiger partial charge in [-0.1, -0.05) is 6.07 Å². The van der Waals surface area contributed by atoms with E-state index in [0.29, 0.717) is 41.2 Å². The molecule has 0 bridgehead atoms. The minimum Gasteiger partial charge on any atom is -0.493 e. The molecule has 0 aliphatic rings. The highest BCUT2D eigenvalue weighted by Gasteiger charge is 2.20. The van der Waals surface area contributed by atoms with Gasteiger partial charge in [0.2, 0.25) is 0 Å². The molecule has 0 saturated heterocycles. The number of aryl methyl sites for hydroxylation is 1. The number of carbonyl (C=O) groups excluding carboxylic acids is 1. The van der Waals surface area contributed by atoms with Crippen molar-refractivity contribution in [3.05, 3.63) is 39.3 Å². The van der Waals surface area contributed by atoms with Gasteiger partial charge in [-0.05, 0) is 38.5 Å². The summed E-state index contributed by atoms with van der Waals surface area (Å²) in [6.07, 6.45) is 0. The average Bonchev–Trinajstić information content (AvgIpc) is 3.12. The number of thiazole rings is 1. The molecule has 0 spiro atoms. The number of benzene rings is 1. The zero-order valence-corrected chi connectivity index (χ0v) is 18.5. The minimum atomic E-state index is -0.336. The second-order valence-corrected chi connectivity index (χ2v) is 7.20. The number of aliphatic imine (C=N–C) groups is 1. The first-order valence-electron chi connectivity index (χ1n) is 9.25. The summed E-state index contributed by atoms with van der Waals surface area (Å²) in [6.45, 7) is 6.46. The molecule has 2 rings (SSSR count). The Morgan fingerprint density at radius 1 is 1.28 bits per heavy atom. The highest BCUT2D eigenvalue weighted by atomic mass is 32.1. The monoisotopic (exact) mass is 420 g/mol. The van der Waals surface area contributed by atoms with Gasteiger partial charge in [-0.3, -0.25) is 4.99 Å². The Morgan fingerprint density at radius 3 is 2.62 bits per heavy atom. The lowest BCUT2D eigenvalue weighted by atomic mass is 10.2. The summed E-state index contributed by atoms with van der Waals surface area (Å²) in [4.78, 5) is 21.3. The van der Waals surface area contributed by atoms with Crippen LogP contribution in [0.5, 0.6) is 11.5 Å². The SMILES string of the molecule is CCOC(=O)c1sc(C(C)NC(=NC)NCc2ccc(OC)c(OC)c2)nc1C. The number of aromatic nitrogens is 1. The Labute approximate surface area is 175 Å². The van der Waals surface area contributed by atoms with Crippen LogP contribution in [0.1, 0.15) is 45.8 Å². The molecule has 29 heavy (non-hydrogen) atoms. The van der Waals surface area contributed by atoms with Crippen LogP contribution in [0.4, 0.5) is 0 Å². The molecule has 0 saturated carbocycles. The topological polar surface area (TPSA) is 94.1 Å². The van der Waals surface area contributed by atoms with Gasteiger partial charge in [0.1, 0.15) is 9.88 Å². The number of guanidine groups is 1. The van der Waals surface area contributed by atoms with Gasteiger partial charge in [0, 0.05) is 13.6 Å². The third-order valence-electron chi connectivity index (χ3n) is 4.13. The number of rotatable bonds is 8. The number of nitrogens with one attached hydrogen (secondary N) is 2. The van der Waals surface area contributed by atoms with Crippen molar-refractivity contribution in [1.29, 1.82) is 0 Å². The Kier molecular flexibility index (Phi) is 8.26. The number of esters is 1. The van der Waals surface area contributed by atoms with E-state index in [-0.39, 0.29) is 12.0 Å². The van der Waals surface area contributed by atoms with Crippen molar-refractivity contribution < 1.29 is 19.0 Å². The van der Waals surface area contributed by atoms with Crippen LogP contribution in [0, 0.1) is 6.92 Å². The summed E-state index contributed by atoms with van der Waals surface area (Å²) in [5.41, 5.74) is 1.69. The normalized spacial score (nSPS) is 12.3. The smallest absolute Gasteiger partial charge is 0.350 e. The molecule has 8 nitrogen and oxygen atoms in total. The molecule has 0 radical (unpaired) electrons. The lowest BCUT2D eigenvalue weighted by Crippen LogP contribution is -2.38. The summed E-state index contributed by atoms with van der Waals surface area (Å²) in [5.74, 6) is 1.64. The van der Waals surface area contributed by atoms with Crippen LogP contribution in [0.3, 0.4) is 0 Å². The molecule has 0 fully saturated rings. The van der Waals surface area contributed by atoms with E-state index in [4.69, 9.17) is 14.2 Å². The van der Waals surface area contributed by atoms with Gasteiger partial charge >= 0.3 is 5.97 Å². The van der Waals surface area contributed by atoms with E-state index in [1.54, 1.807) is 28.2 Å². The second kappa shape index (κ2) is 10.7. The van der Waals surface area contributed by atoms with Crippen molar-refractivity contribution in [1.82, 2.24) is 15.6 Å². The van der Waals surface area contributed by atoms with E-state index < -0.39 is 0 Å². The maximum atomic E-state index is 12.0. The van der Waals surface area contributed by atoms with Crippen molar-refractivity contribution in [3.63, 3.8) is 0 Å². The standard InChI is InChI=1S/C20H28N4O4S/c1-7-28-19(25)17-12(2)23-18(29-17)13(3)24-20(21-4)22-11-14-8-9-15(26-5)16(10-14)27-6/h8-10,13H,7,11H2,1-6H3,(H2,21,22,24).